The zero-order valence-corrected chi connectivity index (χ0v) is 9.26. The first-order chi connectivity index (χ1) is 5.25. The molecule has 2 nitrogen and oxygen atoms in total. The molecule has 12 heavy (non-hydrogen) atoms. The summed E-state index contributed by atoms with van der Waals surface area (Å²) in [6.07, 6.45) is 1.31. The average Bonchev–Trinajstić information content (AvgIpc) is 2.04. The fraction of sp³-hybridized carbons (Fsp3) is 0.143. The summed E-state index contributed by atoms with van der Waals surface area (Å²) in [4.78, 5) is 14.2. The van der Waals surface area contributed by atoms with Gasteiger partial charge in [-0.1, -0.05) is 15.9 Å². The fourth-order valence-corrected chi connectivity index (χ4v) is 0.968. The van der Waals surface area contributed by atoms with E-state index in [1.807, 2.05) is 0 Å². The van der Waals surface area contributed by atoms with E-state index in [4.69, 9.17) is 0 Å². The molecule has 1 heterocycles. The number of halogens is 3. The van der Waals surface area contributed by atoms with Gasteiger partial charge in [-0.15, -0.1) is 17.0 Å². The molecule has 0 saturated heterocycles. The highest BCUT2D eigenvalue weighted by Gasteiger charge is 2.09. The quantitative estimate of drug-likeness (QED) is 0.477. The van der Waals surface area contributed by atoms with Crippen molar-refractivity contribution in [1.29, 1.82) is 0 Å². The molecule has 0 aliphatic heterocycles. The summed E-state index contributed by atoms with van der Waals surface area (Å²) in [6, 6.07) is 2.94. The Morgan fingerprint density at radius 3 is 2.83 bits per heavy atom. The average molecular weight is 299 g/mol. The molecule has 0 amide bonds. The number of nitrogens with zero attached hydrogens (tertiary/aromatic N) is 1. The van der Waals surface area contributed by atoms with Crippen molar-refractivity contribution in [2.45, 2.75) is 0 Å². The third-order valence-corrected chi connectivity index (χ3v) is 1.69. The smallest absolute Gasteiger partial charge is 0.223 e. The minimum atomic E-state index is -0.711. The van der Waals surface area contributed by atoms with Gasteiger partial charge in [0.1, 0.15) is 0 Å². The number of alkyl halides is 1. The molecule has 0 radical (unpaired) electrons. The number of hydrogen-bond acceptors (Lipinski definition) is 2. The molecule has 66 valence electrons. The van der Waals surface area contributed by atoms with Crippen molar-refractivity contribution in [3.05, 3.63) is 29.8 Å². The molecule has 0 aromatic carbocycles. The van der Waals surface area contributed by atoms with Crippen LogP contribution in [0.4, 0.5) is 4.39 Å². The Morgan fingerprint density at radius 1 is 1.67 bits per heavy atom. The lowest BCUT2D eigenvalue weighted by molar-refractivity contribution is 0.101. The van der Waals surface area contributed by atoms with Gasteiger partial charge in [0, 0.05) is 6.20 Å². The van der Waals surface area contributed by atoms with Gasteiger partial charge in [-0.2, -0.15) is 4.39 Å². The monoisotopic (exact) mass is 297 g/mol. The largest absolute Gasteiger partial charge is 0.293 e. The molecule has 0 unspecified atom stereocenters. The predicted molar refractivity (Wildman–Crippen MR) is 52.6 cm³/mol. The van der Waals surface area contributed by atoms with Crippen molar-refractivity contribution >= 4 is 38.7 Å². The maximum absolute atomic E-state index is 12.7. The van der Waals surface area contributed by atoms with E-state index in [1.165, 1.54) is 18.3 Å². The maximum Gasteiger partial charge on any atom is 0.223 e. The molecule has 0 atom stereocenters. The maximum atomic E-state index is 12.7. The zero-order valence-electron chi connectivity index (χ0n) is 5.96. The van der Waals surface area contributed by atoms with Gasteiger partial charge in [0.2, 0.25) is 5.95 Å². The normalized spacial score (nSPS) is 8.83. The van der Waals surface area contributed by atoms with Gasteiger partial charge in [0.15, 0.2) is 5.78 Å². The van der Waals surface area contributed by atoms with Gasteiger partial charge in [0.25, 0.3) is 0 Å². The van der Waals surface area contributed by atoms with Gasteiger partial charge >= 0.3 is 0 Å². The predicted octanol–water partition coefficient (Wildman–Crippen LogP) is 2.38. The molecule has 0 aliphatic rings. The molecular weight excluding hydrogens is 293 g/mol. The van der Waals surface area contributed by atoms with Crippen LogP contribution in [0.2, 0.25) is 0 Å². The summed E-state index contributed by atoms with van der Waals surface area (Å²) in [7, 11) is 0. The number of rotatable bonds is 2. The van der Waals surface area contributed by atoms with Crippen LogP contribution in [0.1, 0.15) is 10.4 Å². The zero-order chi connectivity index (χ0) is 8.27. The van der Waals surface area contributed by atoms with Crippen molar-refractivity contribution in [2.24, 2.45) is 0 Å². The third-order valence-electron chi connectivity index (χ3n) is 1.18. The fourth-order valence-electron chi connectivity index (χ4n) is 0.666. The van der Waals surface area contributed by atoms with Crippen LogP contribution in [0.5, 0.6) is 0 Å². The van der Waals surface area contributed by atoms with E-state index in [0.29, 0.717) is 0 Å². The summed E-state index contributed by atoms with van der Waals surface area (Å²) in [5.74, 6) is -1.01. The molecule has 0 fully saturated rings. The van der Waals surface area contributed by atoms with Crippen LogP contribution in [-0.2, 0) is 0 Å². The Hall–Kier alpha value is -0.290. The Labute approximate surface area is 88.1 Å². The van der Waals surface area contributed by atoms with Crippen LogP contribution in [0.25, 0.3) is 0 Å². The standard InChI is InChI=1S/C7H5BrFNO.BrH/c8-4-6(11)5-2-1-3-10-7(5)9;/h1-3H,4H2;1H. The van der Waals surface area contributed by atoms with Crippen molar-refractivity contribution < 1.29 is 9.18 Å². The molecule has 1 aromatic heterocycles. The summed E-state index contributed by atoms with van der Waals surface area (Å²) in [6.45, 7) is 0. The second-order valence-corrected chi connectivity index (χ2v) is 2.46. The molecule has 1 aromatic rings. The van der Waals surface area contributed by atoms with Crippen LogP contribution in [0.15, 0.2) is 18.3 Å². The van der Waals surface area contributed by atoms with Gasteiger partial charge in [-0.3, -0.25) is 4.79 Å². The van der Waals surface area contributed by atoms with Crippen molar-refractivity contribution in [3.63, 3.8) is 0 Å². The molecule has 1 rings (SSSR count). The minimum Gasteiger partial charge on any atom is -0.293 e. The van der Waals surface area contributed by atoms with E-state index in [0.717, 1.165) is 0 Å². The van der Waals surface area contributed by atoms with Gasteiger partial charge < -0.3 is 0 Å². The van der Waals surface area contributed by atoms with Crippen molar-refractivity contribution in [3.8, 4) is 0 Å². The van der Waals surface area contributed by atoms with E-state index in [2.05, 4.69) is 20.9 Å². The SMILES string of the molecule is Br.O=C(CBr)c1cccnc1F. The van der Waals surface area contributed by atoms with Crippen molar-refractivity contribution in [1.82, 2.24) is 4.98 Å². The van der Waals surface area contributed by atoms with Crippen LogP contribution in [0.3, 0.4) is 0 Å². The molecule has 0 spiro atoms. The van der Waals surface area contributed by atoms with Crippen LogP contribution < -0.4 is 0 Å². The molecule has 0 aliphatic carbocycles. The molecular formula is C7H6Br2FNO. The van der Waals surface area contributed by atoms with E-state index in [-0.39, 0.29) is 33.7 Å². The van der Waals surface area contributed by atoms with Gasteiger partial charge in [0.05, 0.1) is 10.9 Å². The molecule has 0 saturated carbocycles. The van der Waals surface area contributed by atoms with Crippen molar-refractivity contribution in [2.75, 3.05) is 5.33 Å². The highest BCUT2D eigenvalue weighted by Crippen LogP contribution is 2.05. The van der Waals surface area contributed by atoms with E-state index >= 15 is 0 Å². The second-order valence-electron chi connectivity index (χ2n) is 1.90. The van der Waals surface area contributed by atoms with E-state index < -0.39 is 5.95 Å². The van der Waals surface area contributed by atoms with E-state index in [9.17, 15) is 9.18 Å². The lowest BCUT2D eigenvalue weighted by Crippen LogP contribution is -2.04. The van der Waals surface area contributed by atoms with Crippen LogP contribution in [0, 0.1) is 5.95 Å². The first kappa shape index (κ1) is 11.7. The summed E-state index contributed by atoms with van der Waals surface area (Å²) >= 11 is 2.94. The molecule has 0 N–H and O–H groups in total. The van der Waals surface area contributed by atoms with Crippen LogP contribution in [-0.4, -0.2) is 16.1 Å². The molecule has 0 bridgehead atoms. The first-order valence-corrected chi connectivity index (χ1v) is 4.07. The highest BCUT2D eigenvalue weighted by molar-refractivity contribution is 9.09. The Kier molecular flexibility index (Phi) is 5.24. The summed E-state index contributed by atoms with van der Waals surface area (Å²) in [5.41, 5.74) is 0.0318. The number of Topliss-reactive ketones (excluding diaryl/α,β-unsaturated/α-hetero) is 1. The topological polar surface area (TPSA) is 30.0 Å². The van der Waals surface area contributed by atoms with Crippen LogP contribution >= 0.6 is 32.9 Å². The number of carbonyl (C=O) groups is 1. The van der Waals surface area contributed by atoms with Gasteiger partial charge in [-0.05, 0) is 12.1 Å². The third kappa shape index (κ3) is 2.64. The highest BCUT2D eigenvalue weighted by atomic mass is 79.9. The number of hydrogen-bond donors (Lipinski definition) is 0. The van der Waals surface area contributed by atoms with Gasteiger partial charge in [-0.25, -0.2) is 4.98 Å². The Balaban J connectivity index is 0.00000121. The van der Waals surface area contributed by atoms with E-state index in [1.54, 1.807) is 0 Å². The first-order valence-electron chi connectivity index (χ1n) is 2.95. The summed E-state index contributed by atoms with van der Waals surface area (Å²) in [5, 5.41) is 0.121. The summed E-state index contributed by atoms with van der Waals surface area (Å²) < 4.78 is 12.7. The number of carbonyl (C=O) groups excluding carboxylic acids is 1. The Morgan fingerprint density at radius 2 is 2.33 bits per heavy atom. The minimum absolute atomic E-state index is 0. The lowest BCUT2D eigenvalue weighted by atomic mass is 10.2. The Bertz CT molecular complexity index is 280. The number of ketones is 1. The number of aromatic nitrogens is 1. The molecule has 5 heteroatoms. The number of pyridine rings is 1. The lowest BCUT2D eigenvalue weighted by Gasteiger charge is -1.95. The second kappa shape index (κ2) is 5.37.